The van der Waals surface area contributed by atoms with Crippen molar-refractivity contribution in [2.45, 2.75) is 53.4 Å². The van der Waals surface area contributed by atoms with Crippen molar-refractivity contribution in [2.24, 2.45) is 0 Å². The number of rotatable bonds is 0. The molecule has 0 saturated carbocycles. The average molecular weight is 243 g/mol. The molecule has 0 amide bonds. The van der Waals surface area contributed by atoms with E-state index < -0.39 is 0 Å². The van der Waals surface area contributed by atoms with E-state index in [1.54, 1.807) is 0 Å². The highest BCUT2D eigenvalue weighted by molar-refractivity contribution is 5.80. The minimum absolute atomic E-state index is 0.190. The van der Waals surface area contributed by atoms with Gasteiger partial charge in [0.05, 0.1) is 5.52 Å². The van der Waals surface area contributed by atoms with Gasteiger partial charge in [-0.1, -0.05) is 47.1 Å². The van der Waals surface area contributed by atoms with Crippen molar-refractivity contribution >= 4 is 10.9 Å². The molecule has 1 heteroatoms. The van der Waals surface area contributed by atoms with Gasteiger partial charge >= 0.3 is 0 Å². The van der Waals surface area contributed by atoms with Gasteiger partial charge in [-0.25, -0.2) is 0 Å². The lowest BCUT2D eigenvalue weighted by molar-refractivity contribution is 0.587. The zero-order chi connectivity index (χ0) is 13.8. The van der Waals surface area contributed by atoms with Crippen LogP contribution in [0.2, 0.25) is 0 Å². The fourth-order valence-corrected chi connectivity index (χ4v) is 2.04. The Hall–Kier alpha value is -1.37. The number of hydrogen-bond acceptors (Lipinski definition) is 1. The summed E-state index contributed by atoms with van der Waals surface area (Å²) in [7, 11) is 0. The van der Waals surface area contributed by atoms with Gasteiger partial charge in [0.2, 0.25) is 0 Å². The third-order valence-corrected chi connectivity index (χ3v) is 2.76. The highest BCUT2D eigenvalue weighted by Gasteiger charge is 2.16. The Balaban J connectivity index is 0.000000492. The highest BCUT2D eigenvalue weighted by atomic mass is 14.6. The maximum atomic E-state index is 4.40. The molecular formula is C17H25N. The van der Waals surface area contributed by atoms with E-state index in [1.807, 2.05) is 12.3 Å². The molecule has 1 aromatic heterocycles. The molecule has 0 radical (unpaired) electrons. The van der Waals surface area contributed by atoms with Crippen molar-refractivity contribution in [3.8, 4) is 0 Å². The number of aromatic nitrogens is 1. The summed E-state index contributed by atoms with van der Waals surface area (Å²) in [5, 5.41) is 1.23. The van der Waals surface area contributed by atoms with E-state index in [2.05, 4.69) is 64.7 Å². The molecule has 0 bridgehead atoms. The summed E-state index contributed by atoms with van der Waals surface area (Å²) in [5.74, 6) is 0. The van der Waals surface area contributed by atoms with Crippen molar-refractivity contribution in [1.29, 1.82) is 0 Å². The van der Waals surface area contributed by atoms with Crippen LogP contribution in [0, 0.1) is 6.92 Å². The van der Waals surface area contributed by atoms with E-state index in [4.69, 9.17) is 0 Å². The first kappa shape index (κ1) is 14.7. The fourth-order valence-electron chi connectivity index (χ4n) is 2.04. The number of fused-ring (bicyclic) bond motifs is 1. The summed E-state index contributed by atoms with van der Waals surface area (Å²) in [6.45, 7) is 13.1. The van der Waals surface area contributed by atoms with Crippen LogP contribution < -0.4 is 0 Å². The van der Waals surface area contributed by atoms with Crippen LogP contribution >= 0.6 is 0 Å². The Labute approximate surface area is 111 Å². The predicted molar refractivity (Wildman–Crippen MR) is 81.1 cm³/mol. The van der Waals surface area contributed by atoms with Gasteiger partial charge in [0.1, 0.15) is 0 Å². The Kier molecular flexibility index (Phi) is 4.89. The second-order valence-electron chi connectivity index (χ2n) is 5.82. The Morgan fingerprint density at radius 3 is 2.28 bits per heavy atom. The van der Waals surface area contributed by atoms with E-state index in [1.165, 1.54) is 22.9 Å². The zero-order valence-electron chi connectivity index (χ0n) is 12.5. The summed E-state index contributed by atoms with van der Waals surface area (Å²) in [5.41, 5.74) is 4.01. The molecule has 18 heavy (non-hydrogen) atoms. The van der Waals surface area contributed by atoms with Gasteiger partial charge in [-0.05, 0) is 41.7 Å². The van der Waals surface area contributed by atoms with Gasteiger partial charge in [0, 0.05) is 11.6 Å². The number of benzene rings is 1. The smallest absolute Gasteiger partial charge is 0.0705 e. The molecule has 0 saturated heterocycles. The van der Waals surface area contributed by atoms with E-state index in [-0.39, 0.29) is 5.41 Å². The topological polar surface area (TPSA) is 12.9 Å². The van der Waals surface area contributed by atoms with Gasteiger partial charge in [-0.2, -0.15) is 0 Å². The summed E-state index contributed by atoms with van der Waals surface area (Å²) < 4.78 is 0. The van der Waals surface area contributed by atoms with Gasteiger partial charge in [-0.15, -0.1) is 0 Å². The van der Waals surface area contributed by atoms with Crippen molar-refractivity contribution in [1.82, 2.24) is 4.98 Å². The predicted octanol–water partition coefficient (Wildman–Crippen LogP) is 5.26. The maximum Gasteiger partial charge on any atom is 0.0705 e. The largest absolute Gasteiger partial charge is 0.256 e. The third-order valence-electron chi connectivity index (χ3n) is 2.76. The van der Waals surface area contributed by atoms with Crippen LogP contribution in [0.4, 0.5) is 0 Å². The van der Waals surface area contributed by atoms with Gasteiger partial charge in [0.15, 0.2) is 0 Å². The van der Waals surface area contributed by atoms with Crippen LogP contribution in [0.1, 0.15) is 52.2 Å². The van der Waals surface area contributed by atoms with Crippen LogP contribution in [-0.4, -0.2) is 4.98 Å². The summed E-state index contributed by atoms with van der Waals surface area (Å²) in [6.07, 6.45) is 3.10. The van der Waals surface area contributed by atoms with Crippen LogP contribution in [0.25, 0.3) is 10.9 Å². The molecule has 0 aliphatic heterocycles. The van der Waals surface area contributed by atoms with Crippen molar-refractivity contribution in [3.63, 3.8) is 0 Å². The van der Waals surface area contributed by atoms with Crippen LogP contribution in [0.3, 0.4) is 0 Å². The first-order chi connectivity index (χ1) is 8.40. The highest BCUT2D eigenvalue weighted by Crippen LogP contribution is 2.28. The Morgan fingerprint density at radius 1 is 1.11 bits per heavy atom. The quantitative estimate of drug-likeness (QED) is 0.615. The molecule has 2 aromatic rings. The second-order valence-corrected chi connectivity index (χ2v) is 5.82. The summed E-state index contributed by atoms with van der Waals surface area (Å²) in [6, 6.07) is 8.54. The fraction of sp³-hybridized carbons (Fsp3) is 0.471. The van der Waals surface area contributed by atoms with E-state index >= 15 is 0 Å². The first-order valence-electron chi connectivity index (χ1n) is 6.76. The molecule has 0 spiro atoms. The summed E-state index contributed by atoms with van der Waals surface area (Å²) >= 11 is 0. The number of aryl methyl sites for hydroxylation is 1. The molecule has 0 unspecified atom stereocenters. The number of nitrogens with zero attached hydrogens (tertiary/aromatic N) is 1. The normalized spacial score (nSPS) is 11.0. The molecule has 1 aromatic carbocycles. The molecular weight excluding hydrogens is 218 g/mol. The van der Waals surface area contributed by atoms with E-state index in [0.717, 1.165) is 5.52 Å². The molecule has 1 heterocycles. The Morgan fingerprint density at radius 2 is 1.72 bits per heavy atom. The Bertz CT molecular complexity index is 506. The zero-order valence-corrected chi connectivity index (χ0v) is 12.5. The summed E-state index contributed by atoms with van der Waals surface area (Å²) in [4.78, 5) is 4.40. The van der Waals surface area contributed by atoms with Crippen LogP contribution in [0.5, 0.6) is 0 Å². The molecule has 0 aliphatic carbocycles. The molecule has 2 rings (SSSR count). The van der Waals surface area contributed by atoms with E-state index in [9.17, 15) is 0 Å². The van der Waals surface area contributed by atoms with Gasteiger partial charge in [0.25, 0.3) is 0 Å². The molecule has 0 atom stereocenters. The average Bonchev–Trinajstić information content (AvgIpc) is 2.27. The van der Waals surface area contributed by atoms with Crippen molar-refractivity contribution in [3.05, 3.63) is 41.6 Å². The second kappa shape index (κ2) is 5.99. The van der Waals surface area contributed by atoms with Crippen LogP contribution in [-0.2, 0) is 5.41 Å². The molecule has 0 fully saturated rings. The van der Waals surface area contributed by atoms with Gasteiger partial charge in [-0.3, -0.25) is 4.98 Å². The maximum absolute atomic E-state index is 4.40. The minimum atomic E-state index is 0.190. The lowest BCUT2D eigenvalue weighted by atomic mass is 9.83. The van der Waals surface area contributed by atoms with Gasteiger partial charge < -0.3 is 0 Å². The molecule has 0 aliphatic rings. The van der Waals surface area contributed by atoms with Crippen molar-refractivity contribution < 1.29 is 0 Å². The SMILES string of the molecule is CCC.Cc1cc2cccnc2cc1C(C)(C)C. The first-order valence-corrected chi connectivity index (χ1v) is 6.76. The van der Waals surface area contributed by atoms with E-state index in [0.29, 0.717) is 0 Å². The minimum Gasteiger partial charge on any atom is -0.256 e. The van der Waals surface area contributed by atoms with Crippen molar-refractivity contribution in [2.75, 3.05) is 0 Å². The number of pyridine rings is 1. The molecule has 0 N–H and O–H groups in total. The standard InChI is InChI=1S/C14H17N.C3H8/c1-10-8-11-6-5-7-15-13(11)9-12(10)14(2,3)4;1-3-2/h5-9H,1-4H3;3H2,1-2H3. The molecule has 1 nitrogen and oxygen atoms in total. The lowest BCUT2D eigenvalue weighted by Crippen LogP contribution is -2.13. The van der Waals surface area contributed by atoms with Crippen LogP contribution in [0.15, 0.2) is 30.5 Å². The number of hydrogen-bond donors (Lipinski definition) is 0. The third kappa shape index (κ3) is 3.56. The molecule has 98 valence electrons. The monoisotopic (exact) mass is 243 g/mol. The lowest BCUT2D eigenvalue weighted by Gasteiger charge is -2.22.